The van der Waals surface area contributed by atoms with Gasteiger partial charge in [-0.3, -0.25) is 4.79 Å². The number of carbonyl (C=O) groups is 1. The van der Waals surface area contributed by atoms with Crippen molar-refractivity contribution in [3.8, 4) is 0 Å². The average Bonchev–Trinajstić information content (AvgIpc) is 3.01. The zero-order valence-electron chi connectivity index (χ0n) is 13.6. The van der Waals surface area contributed by atoms with E-state index < -0.39 is 0 Å². The molecule has 0 bridgehead atoms. The van der Waals surface area contributed by atoms with Gasteiger partial charge in [0.25, 0.3) is 5.91 Å². The lowest BCUT2D eigenvalue weighted by molar-refractivity contribution is 0.0677. The number of likely N-dealkylation sites (tertiary alicyclic amines) is 1. The van der Waals surface area contributed by atoms with E-state index in [9.17, 15) is 4.79 Å². The first-order valence-electron chi connectivity index (χ1n) is 8.01. The number of aromatic nitrogens is 2. The summed E-state index contributed by atoms with van der Waals surface area (Å²) < 4.78 is 0. The van der Waals surface area contributed by atoms with Gasteiger partial charge in [0.1, 0.15) is 5.82 Å². The lowest BCUT2D eigenvalue weighted by atomic mass is 9.93. The predicted octanol–water partition coefficient (Wildman–Crippen LogP) is 2.98. The summed E-state index contributed by atoms with van der Waals surface area (Å²) in [7, 11) is 1.83. The summed E-state index contributed by atoms with van der Waals surface area (Å²) in [5.74, 6) is 1.42. The van der Waals surface area contributed by atoms with E-state index in [4.69, 9.17) is 0 Å². The zero-order valence-corrected chi connectivity index (χ0v) is 14.4. The third-order valence-corrected chi connectivity index (χ3v) is 5.34. The number of thiophene rings is 1. The van der Waals surface area contributed by atoms with E-state index >= 15 is 0 Å². The highest BCUT2D eigenvalue weighted by Gasteiger charge is 2.26. The minimum absolute atomic E-state index is 0.179. The molecule has 2 aromatic heterocycles. The minimum Gasteiger partial charge on any atom is -0.372 e. The van der Waals surface area contributed by atoms with Gasteiger partial charge in [0.05, 0.1) is 10.6 Å². The summed E-state index contributed by atoms with van der Waals surface area (Å²) in [5.41, 5.74) is 2.08. The third-order valence-electron chi connectivity index (χ3n) is 4.34. The Morgan fingerprint density at radius 2 is 2.26 bits per heavy atom. The van der Waals surface area contributed by atoms with Crippen LogP contribution in [0.5, 0.6) is 0 Å². The van der Waals surface area contributed by atoms with Crippen molar-refractivity contribution in [2.45, 2.75) is 26.2 Å². The molecule has 1 saturated heterocycles. The molecule has 0 radical (unpaired) electrons. The molecule has 3 rings (SSSR count). The highest BCUT2D eigenvalue weighted by atomic mass is 32.1. The molecular weight excluding hydrogens is 308 g/mol. The topological polar surface area (TPSA) is 58.1 Å². The second-order valence-corrected chi connectivity index (χ2v) is 6.97. The van der Waals surface area contributed by atoms with Crippen LogP contribution in [0.3, 0.4) is 0 Å². The van der Waals surface area contributed by atoms with Gasteiger partial charge in [0.2, 0.25) is 0 Å². The molecule has 0 aliphatic carbocycles. The highest BCUT2D eigenvalue weighted by Crippen LogP contribution is 2.24. The monoisotopic (exact) mass is 330 g/mol. The SMILES string of the molecule is CNc1ccc(C[C@H]2CCCN(C(=O)c3sccc3C)C2)nn1. The number of hydrogen-bond donors (Lipinski definition) is 1. The van der Waals surface area contributed by atoms with Crippen LogP contribution in [-0.4, -0.2) is 41.1 Å². The Bertz CT molecular complexity index is 667. The Kier molecular flexibility index (Phi) is 4.91. The standard InChI is InChI=1S/C17H22N4OS/c1-12-7-9-23-16(12)17(22)21-8-3-4-13(11-21)10-14-5-6-15(18-2)20-19-14/h5-7,9,13H,3-4,8,10-11H2,1-2H3,(H,18,20)/t13-/m1/s1. The predicted molar refractivity (Wildman–Crippen MR) is 93.0 cm³/mol. The van der Waals surface area contributed by atoms with Gasteiger partial charge in [-0.15, -0.1) is 16.4 Å². The Hall–Kier alpha value is -1.95. The fraction of sp³-hybridized carbons (Fsp3) is 0.471. The van der Waals surface area contributed by atoms with Crippen LogP contribution in [0.1, 0.15) is 33.8 Å². The fourth-order valence-electron chi connectivity index (χ4n) is 3.05. The highest BCUT2D eigenvalue weighted by molar-refractivity contribution is 7.12. The van der Waals surface area contributed by atoms with Crippen LogP contribution in [0.2, 0.25) is 0 Å². The van der Waals surface area contributed by atoms with Crippen molar-refractivity contribution < 1.29 is 4.79 Å². The van der Waals surface area contributed by atoms with E-state index in [0.29, 0.717) is 5.92 Å². The maximum atomic E-state index is 12.7. The molecule has 0 saturated carbocycles. The molecule has 23 heavy (non-hydrogen) atoms. The summed E-state index contributed by atoms with van der Waals surface area (Å²) in [5, 5.41) is 13.4. The summed E-state index contributed by atoms with van der Waals surface area (Å²) in [4.78, 5) is 15.5. The van der Waals surface area contributed by atoms with E-state index in [1.165, 1.54) is 0 Å². The van der Waals surface area contributed by atoms with Gasteiger partial charge in [-0.1, -0.05) is 0 Å². The number of piperidine rings is 1. The Balaban J connectivity index is 1.63. The molecule has 0 spiro atoms. The summed E-state index contributed by atoms with van der Waals surface area (Å²) in [6, 6.07) is 5.98. The van der Waals surface area contributed by atoms with Gasteiger partial charge < -0.3 is 10.2 Å². The van der Waals surface area contributed by atoms with E-state index in [-0.39, 0.29) is 5.91 Å². The van der Waals surface area contributed by atoms with Crippen molar-refractivity contribution in [1.82, 2.24) is 15.1 Å². The smallest absolute Gasteiger partial charge is 0.264 e. The van der Waals surface area contributed by atoms with Gasteiger partial charge >= 0.3 is 0 Å². The molecule has 5 nitrogen and oxygen atoms in total. The Morgan fingerprint density at radius 3 is 2.91 bits per heavy atom. The molecule has 1 fully saturated rings. The number of nitrogens with zero attached hydrogens (tertiary/aromatic N) is 3. The van der Waals surface area contributed by atoms with Crippen molar-refractivity contribution in [3.63, 3.8) is 0 Å². The van der Waals surface area contributed by atoms with Gasteiger partial charge in [-0.05, 0) is 61.2 Å². The quantitative estimate of drug-likeness (QED) is 0.936. The molecular formula is C17H22N4OS. The van der Waals surface area contributed by atoms with Crippen LogP contribution in [0, 0.1) is 12.8 Å². The van der Waals surface area contributed by atoms with Crippen LogP contribution in [0.15, 0.2) is 23.6 Å². The average molecular weight is 330 g/mol. The van der Waals surface area contributed by atoms with Crippen molar-refractivity contribution in [2.24, 2.45) is 5.92 Å². The maximum Gasteiger partial charge on any atom is 0.264 e. The molecule has 0 unspecified atom stereocenters. The molecule has 2 aromatic rings. The largest absolute Gasteiger partial charge is 0.372 e. The van der Waals surface area contributed by atoms with Crippen LogP contribution < -0.4 is 5.32 Å². The molecule has 122 valence electrons. The van der Waals surface area contributed by atoms with E-state index in [1.54, 1.807) is 11.3 Å². The number of aryl methyl sites for hydroxylation is 1. The molecule has 1 N–H and O–H groups in total. The lowest BCUT2D eigenvalue weighted by Gasteiger charge is -2.32. The zero-order chi connectivity index (χ0) is 16.2. The Morgan fingerprint density at radius 1 is 1.39 bits per heavy atom. The van der Waals surface area contributed by atoms with Gasteiger partial charge in [0.15, 0.2) is 0 Å². The lowest BCUT2D eigenvalue weighted by Crippen LogP contribution is -2.40. The molecule has 3 heterocycles. The maximum absolute atomic E-state index is 12.7. The van der Waals surface area contributed by atoms with Crippen LogP contribution >= 0.6 is 11.3 Å². The van der Waals surface area contributed by atoms with Crippen molar-refractivity contribution in [3.05, 3.63) is 39.7 Å². The van der Waals surface area contributed by atoms with Crippen molar-refractivity contribution in [2.75, 3.05) is 25.5 Å². The summed E-state index contributed by atoms with van der Waals surface area (Å²) in [6.07, 6.45) is 3.08. The van der Waals surface area contributed by atoms with E-state index in [1.807, 2.05) is 42.5 Å². The van der Waals surface area contributed by atoms with Gasteiger partial charge in [-0.25, -0.2) is 0 Å². The number of nitrogens with one attached hydrogen (secondary N) is 1. The molecule has 1 aliphatic rings. The number of anilines is 1. The second kappa shape index (κ2) is 7.08. The normalized spacial score (nSPS) is 18.0. The minimum atomic E-state index is 0.179. The summed E-state index contributed by atoms with van der Waals surface area (Å²) in [6.45, 7) is 3.67. The van der Waals surface area contributed by atoms with Crippen molar-refractivity contribution in [1.29, 1.82) is 0 Å². The fourth-order valence-corrected chi connectivity index (χ4v) is 3.94. The number of carbonyl (C=O) groups excluding carboxylic acids is 1. The third kappa shape index (κ3) is 3.69. The first-order valence-corrected chi connectivity index (χ1v) is 8.89. The number of hydrogen-bond acceptors (Lipinski definition) is 5. The van der Waals surface area contributed by atoms with Crippen LogP contribution in [0.4, 0.5) is 5.82 Å². The van der Waals surface area contributed by atoms with Gasteiger partial charge in [-0.2, -0.15) is 5.10 Å². The first kappa shape index (κ1) is 15.9. The Labute approximate surface area is 140 Å². The number of rotatable bonds is 4. The molecule has 1 amide bonds. The van der Waals surface area contributed by atoms with Crippen molar-refractivity contribution >= 4 is 23.1 Å². The van der Waals surface area contributed by atoms with Crippen LogP contribution in [0.25, 0.3) is 0 Å². The number of amides is 1. The van der Waals surface area contributed by atoms with E-state index in [2.05, 4.69) is 15.5 Å². The molecule has 6 heteroatoms. The van der Waals surface area contributed by atoms with Gasteiger partial charge in [0, 0.05) is 20.1 Å². The molecule has 0 aromatic carbocycles. The van der Waals surface area contributed by atoms with E-state index in [0.717, 1.165) is 54.3 Å². The van der Waals surface area contributed by atoms with Crippen LogP contribution in [-0.2, 0) is 6.42 Å². The summed E-state index contributed by atoms with van der Waals surface area (Å²) >= 11 is 1.54. The first-order chi connectivity index (χ1) is 11.2. The molecule has 1 atom stereocenters. The second-order valence-electron chi connectivity index (χ2n) is 6.06. The molecule has 1 aliphatic heterocycles.